The lowest BCUT2D eigenvalue weighted by Gasteiger charge is -2.30. The minimum Gasteiger partial charge on any atom is -0.482 e. The molecule has 4 rings (SSSR count). The molecule has 0 aromatic heterocycles. The normalized spacial score (nSPS) is 17.1. The van der Waals surface area contributed by atoms with E-state index >= 15 is 0 Å². The Hall–Kier alpha value is -3.39. The second-order valence-electron chi connectivity index (χ2n) is 7.12. The summed E-state index contributed by atoms with van der Waals surface area (Å²) in [7, 11) is 1.28. The van der Waals surface area contributed by atoms with Gasteiger partial charge in [-0.1, -0.05) is 40.2 Å². The molecule has 7 nitrogen and oxygen atoms in total. The Morgan fingerprint density at radius 2 is 1.87 bits per heavy atom. The molecule has 1 aliphatic carbocycles. The summed E-state index contributed by atoms with van der Waals surface area (Å²) in [6.07, 6.45) is 0. The smallest absolute Gasteiger partial charge is 0.341 e. The van der Waals surface area contributed by atoms with Crippen LogP contribution < -0.4 is 10.1 Å². The van der Waals surface area contributed by atoms with Gasteiger partial charge in [0.25, 0.3) is 0 Å². The summed E-state index contributed by atoms with van der Waals surface area (Å²) in [4.78, 5) is 37.3. The maximum Gasteiger partial charge on any atom is 0.341 e. The molecule has 1 aliphatic heterocycles. The van der Waals surface area contributed by atoms with Crippen molar-refractivity contribution in [2.75, 3.05) is 13.7 Å². The average Bonchev–Trinajstić information content (AvgIpc) is 3.03. The lowest BCUT2D eigenvalue weighted by Crippen LogP contribution is -2.29. The molecule has 2 aromatic carbocycles. The van der Waals surface area contributed by atoms with Crippen molar-refractivity contribution in [2.45, 2.75) is 12.8 Å². The molecular formula is C23H18BrNO6. The van der Waals surface area contributed by atoms with E-state index in [-0.39, 0.29) is 17.1 Å². The summed E-state index contributed by atoms with van der Waals surface area (Å²) in [5.41, 5.74) is 3.60. The standard InChI is InChI=1S/C23H18BrNO6/c1-11-18(23(29)30-2)19(15-9-12(24)7-8-16(15)31-10-17(26)27)20-21(25-11)13-5-3-4-6-14(13)22(20)28/h3-9,19,25H,10H2,1-2H3,(H,26,27)/t19-/m0/s1. The van der Waals surface area contributed by atoms with E-state index in [0.717, 1.165) is 5.56 Å². The number of aliphatic carboxylic acids is 1. The van der Waals surface area contributed by atoms with Gasteiger partial charge in [-0.05, 0) is 25.1 Å². The molecule has 0 saturated carbocycles. The fourth-order valence-corrected chi connectivity index (χ4v) is 4.42. The van der Waals surface area contributed by atoms with Crippen LogP contribution in [0.25, 0.3) is 5.70 Å². The third kappa shape index (κ3) is 3.53. The van der Waals surface area contributed by atoms with Crippen molar-refractivity contribution in [2.24, 2.45) is 0 Å². The van der Waals surface area contributed by atoms with Gasteiger partial charge in [-0.2, -0.15) is 0 Å². The number of ketones is 1. The largest absolute Gasteiger partial charge is 0.482 e. The number of carbonyl (C=O) groups excluding carboxylic acids is 2. The summed E-state index contributed by atoms with van der Waals surface area (Å²) >= 11 is 3.43. The predicted octanol–water partition coefficient (Wildman–Crippen LogP) is 3.65. The molecule has 8 heteroatoms. The Bertz CT molecular complexity index is 1200. The van der Waals surface area contributed by atoms with Crippen LogP contribution in [-0.2, 0) is 14.3 Å². The predicted molar refractivity (Wildman–Crippen MR) is 116 cm³/mol. The summed E-state index contributed by atoms with van der Waals surface area (Å²) in [5.74, 6) is -2.47. The third-order valence-electron chi connectivity index (χ3n) is 5.29. The van der Waals surface area contributed by atoms with Gasteiger partial charge >= 0.3 is 11.9 Å². The van der Waals surface area contributed by atoms with Crippen LogP contribution in [0.4, 0.5) is 0 Å². The lowest BCUT2D eigenvalue weighted by atomic mass is 9.79. The zero-order valence-corrected chi connectivity index (χ0v) is 18.3. The van der Waals surface area contributed by atoms with E-state index in [1.807, 2.05) is 12.1 Å². The molecule has 2 aromatic rings. The van der Waals surface area contributed by atoms with Gasteiger partial charge in [0.15, 0.2) is 12.4 Å². The van der Waals surface area contributed by atoms with Crippen molar-refractivity contribution in [3.05, 3.63) is 80.5 Å². The molecule has 2 N–H and O–H groups in total. The zero-order chi connectivity index (χ0) is 22.3. The van der Waals surface area contributed by atoms with Crippen LogP contribution in [0.2, 0.25) is 0 Å². The number of benzene rings is 2. The first-order chi connectivity index (χ1) is 14.8. The highest BCUT2D eigenvalue weighted by molar-refractivity contribution is 9.10. The highest BCUT2D eigenvalue weighted by Gasteiger charge is 2.43. The maximum atomic E-state index is 13.4. The summed E-state index contributed by atoms with van der Waals surface area (Å²) in [6, 6.07) is 12.3. The number of fused-ring (bicyclic) bond motifs is 2. The van der Waals surface area contributed by atoms with Gasteiger partial charge in [0.2, 0.25) is 0 Å². The number of nitrogens with one attached hydrogen (secondary N) is 1. The fourth-order valence-electron chi connectivity index (χ4n) is 4.04. The van der Waals surface area contributed by atoms with Crippen LogP contribution in [0, 0.1) is 0 Å². The van der Waals surface area contributed by atoms with Crippen LogP contribution in [0.1, 0.15) is 34.3 Å². The van der Waals surface area contributed by atoms with Gasteiger partial charge in [0.05, 0.1) is 24.3 Å². The monoisotopic (exact) mass is 483 g/mol. The molecule has 31 heavy (non-hydrogen) atoms. The van der Waals surface area contributed by atoms with Crippen LogP contribution in [0.15, 0.2) is 63.8 Å². The number of methoxy groups -OCH3 is 1. The Labute approximate surface area is 186 Å². The first-order valence-electron chi connectivity index (χ1n) is 9.42. The third-order valence-corrected chi connectivity index (χ3v) is 5.78. The van der Waals surface area contributed by atoms with Gasteiger partial charge in [0.1, 0.15) is 5.75 Å². The molecule has 1 heterocycles. The minimum atomic E-state index is -1.14. The SMILES string of the molecule is COC(=O)C1=C(C)NC2=C(C(=O)c3ccccc32)[C@H]1c1cc(Br)ccc1OCC(=O)O. The number of carboxylic acid groups (broad SMARTS) is 1. The van der Waals surface area contributed by atoms with Crippen LogP contribution in [0.3, 0.4) is 0 Å². The Morgan fingerprint density at radius 1 is 1.16 bits per heavy atom. The molecule has 0 bridgehead atoms. The van der Waals surface area contributed by atoms with Crippen LogP contribution >= 0.6 is 15.9 Å². The van der Waals surface area contributed by atoms with Crippen molar-refractivity contribution in [1.29, 1.82) is 0 Å². The second-order valence-corrected chi connectivity index (χ2v) is 8.03. The van der Waals surface area contributed by atoms with E-state index in [4.69, 9.17) is 14.6 Å². The molecular weight excluding hydrogens is 466 g/mol. The summed E-state index contributed by atoms with van der Waals surface area (Å²) < 4.78 is 11.2. The van der Waals surface area contributed by atoms with Crippen molar-refractivity contribution < 1.29 is 29.0 Å². The minimum absolute atomic E-state index is 0.207. The Balaban J connectivity index is 1.96. The number of halogens is 1. The average molecular weight is 484 g/mol. The van der Waals surface area contributed by atoms with Gasteiger partial charge in [-0.15, -0.1) is 0 Å². The molecule has 0 radical (unpaired) electrons. The number of hydrogen-bond donors (Lipinski definition) is 2. The summed E-state index contributed by atoms with van der Waals surface area (Å²) in [6.45, 7) is 1.18. The molecule has 0 saturated heterocycles. The first-order valence-corrected chi connectivity index (χ1v) is 10.2. The van der Waals surface area contributed by atoms with E-state index in [1.165, 1.54) is 7.11 Å². The number of carboxylic acids is 1. The van der Waals surface area contributed by atoms with Gasteiger partial charge in [-0.3, -0.25) is 4.79 Å². The highest BCUT2D eigenvalue weighted by Crippen LogP contribution is 2.49. The van der Waals surface area contributed by atoms with E-state index in [1.54, 1.807) is 37.3 Å². The zero-order valence-electron chi connectivity index (χ0n) is 16.7. The van der Waals surface area contributed by atoms with Gasteiger partial charge in [0, 0.05) is 32.4 Å². The second kappa shape index (κ2) is 8.03. The van der Waals surface area contributed by atoms with Crippen molar-refractivity contribution in [1.82, 2.24) is 5.32 Å². The number of hydrogen-bond acceptors (Lipinski definition) is 6. The number of ether oxygens (including phenoxy) is 2. The first kappa shape index (κ1) is 20.9. The Morgan fingerprint density at radius 3 is 2.55 bits per heavy atom. The highest BCUT2D eigenvalue weighted by atomic mass is 79.9. The number of Topliss-reactive ketones (excluding diaryl/α,β-unsaturated/α-hetero) is 1. The molecule has 0 spiro atoms. The van der Waals surface area contributed by atoms with Crippen molar-refractivity contribution in [3.8, 4) is 5.75 Å². The molecule has 0 amide bonds. The number of esters is 1. The fraction of sp³-hybridized carbons (Fsp3) is 0.174. The Kier molecular flexibility index (Phi) is 5.41. The van der Waals surface area contributed by atoms with E-state index in [2.05, 4.69) is 21.2 Å². The van der Waals surface area contributed by atoms with Crippen LogP contribution in [0.5, 0.6) is 5.75 Å². The molecule has 158 valence electrons. The quantitative estimate of drug-likeness (QED) is 0.625. The molecule has 1 atom stereocenters. The maximum absolute atomic E-state index is 13.4. The number of rotatable bonds is 5. The number of carbonyl (C=O) groups is 3. The van der Waals surface area contributed by atoms with Crippen molar-refractivity contribution >= 4 is 39.3 Å². The number of dihydropyridines is 1. The van der Waals surface area contributed by atoms with Crippen molar-refractivity contribution in [3.63, 3.8) is 0 Å². The lowest BCUT2D eigenvalue weighted by molar-refractivity contribution is -0.139. The van der Waals surface area contributed by atoms with E-state index in [9.17, 15) is 14.4 Å². The molecule has 2 aliphatic rings. The van der Waals surface area contributed by atoms with Crippen LogP contribution in [-0.4, -0.2) is 36.5 Å². The molecule has 0 unspecified atom stereocenters. The molecule has 0 fully saturated rings. The topological polar surface area (TPSA) is 102 Å². The van der Waals surface area contributed by atoms with E-state index in [0.29, 0.717) is 32.6 Å². The van der Waals surface area contributed by atoms with Gasteiger partial charge in [-0.25, -0.2) is 9.59 Å². The number of allylic oxidation sites excluding steroid dienone is 2. The summed E-state index contributed by atoms with van der Waals surface area (Å²) in [5, 5.41) is 12.3. The van der Waals surface area contributed by atoms with Gasteiger partial charge < -0.3 is 19.9 Å². The van der Waals surface area contributed by atoms with E-state index < -0.39 is 24.5 Å².